The van der Waals surface area contributed by atoms with Gasteiger partial charge in [0, 0.05) is 88.3 Å². The standard InChI is InChI=1S/C90H98F2N16O23/c1-7-51-53-30-69(61(91)34-65(53)101-77-55(51)37-107-67(77)32-59-57(82(107)117)43-126-84(119)89(59,124)9-3)130-45-97-87(122)128-41-47-16-20-50(21-17-47)99-80(115)64(15-13-27-95-86(94)121)103-81(116)76(46(5)6)104-73(111)40-105(28-29-106-74(112)24-25-75(106)113)39-72(110)96-36-71(109)100-63(14-11-12-26-93)79(114)98-49-22-18-48(19-23-49)42-129-88(123)131-70-31-54-52(8-2)56-38-108-68(78(56)102-66(54)35-62(70)92)33-60-58(83(108)118)44-127-85(120)90(60,125)10-4/h16-25,30-35,46,63-64,76,124-125H,7-15,26-29,36-45,93H2,1-6H3,(H,96,110)(H,97,122)(H,98,114)(H,99,115)(H,100,109)(H,103,116)(H,104,111)(H3,94,95,121)/t63-,64-,76-,89-,90-/m0/s1. The molecule has 4 aromatic carbocycles. The Labute approximate surface area is 746 Å². The molecule has 0 aliphatic carbocycles. The van der Waals surface area contributed by atoms with Crippen molar-refractivity contribution in [3.63, 3.8) is 0 Å². The number of halogens is 2. The first-order valence-corrected chi connectivity index (χ1v) is 42.6. The van der Waals surface area contributed by atoms with Crippen LogP contribution in [0.2, 0.25) is 0 Å². The Hall–Kier alpha value is -14.5. The van der Waals surface area contributed by atoms with E-state index in [1.807, 2.05) is 13.8 Å². The molecule has 0 spiro atoms. The number of carbonyl (C=O) groups is 13. The van der Waals surface area contributed by atoms with Gasteiger partial charge in [-0.2, -0.15) is 0 Å². The number of fused-ring (bicyclic) bond motifs is 10. The number of hydrogen-bond acceptors (Lipinski definition) is 27. The van der Waals surface area contributed by atoms with Crippen molar-refractivity contribution in [3.8, 4) is 34.3 Å². The number of primary amides is 1. The van der Waals surface area contributed by atoms with Gasteiger partial charge in [0.25, 0.3) is 22.9 Å². The Morgan fingerprint density at radius 2 is 1.09 bits per heavy atom. The molecule has 0 fully saturated rings. The van der Waals surface area contributed by atoms with E-state index in [0.29, 0.717) is 87.0 Å². The van der Waals surface area contributed by atoms with Crippen molar-refractivity contribution < 1.29 is 110 Å². The van der Waals surface area contributed by atoms with E-state index in [2.05, 4.69) is 42.5 Å². The molecule has 5 atom stereocenters. The molecule has 131 heavy (non-hydrogen) atoms. The van der Waals surface area contributed by atoms with Crippen LogP contribution >= 0.6 is 0 Å². The zero-order valence-electron chi connectivity index (χ0n) is 72.4. The van der Waals surface area contributed by atoms with Gasteiger partial charge in [-0.05, 0) is 141 Å². The van der Waals surface area contributed by atoms with Crippen molar-refractivity contribution in [2.45, 2.75) is 168 Å². The summed E-state index contributed by atoms with van der Waals surface area (Å²) in [5.74, 6) is -10.8. The van der Waals surface area contributed by atoms with Gasteiger partial charge in [-0.1, -0.05) is 65.8 Å². The van der Waals surface area contributed by atoms with Crippen LogP contribution in [0.3, 0.4) is 0 Å². The molecule has 9 heterocycles. The van der Waals surface area contributed by atoms with E-state index in [1.54, 1.807) is 39.8 Å². The summed E-state index contributed by atoms with van der Waals surface area (Å²) in [6.45, 7) is 6.31. The Balaban J connectivity index is 0.574. The number of hydrogen-bond donors (Lipinski definition) is 12. The quantitative estimate of drug-likeness (QED) is 0.00634. The summed E-state index contributed by atoms with van der Waals surface area (Å²) in [6.07, 6.45) is 1.63. The summed E-state index contributed by atoms with van der Waals surface area (Å²) in [5, 5.41) is 44.3. The summed E-state index contributed by atoms with van der Waals surface area (Å²) < 4.78 is 66.6. The molecule has 0 radical (unpaired) electrons. The number of esters is 2. The number of nitrogens with two attached hydrogens (primary N) is 2. The average molecular weight is 1810 g/mol. The third-order valence-electron chi connectivity index (χ3n) is 23.4. The van der Waals surface area contributed by atoms with Crippen molar-refractivity contribution in [1.29, 1.82) is 0 Å². The van der Waals surface area contributed by atoms with E-state index in [9.17, 15) is 82.1 Å². The number of cyclic esters (lactones) is 2. The van der Waals surface area contributed by atoms with Crippen LogP contribution < -0.4 is 74.6 Å². The lowest BCUT2D eigenvalue weighted by Gasteiger charge is -2.31. The van der Waals surface area contributed by atoms with E-state index in [4.69, 9.17) is 49.9 Å². The van der Waals surface area contributed by atoms with Crippen LogP contribution in [0, 0.1) is 17.6 Å². The van der Waals surface area contributed by atoms with E-state index >= 15 is 8.78 Å². The second-order valence-electron chi connectivity index (χ2n) is 32.2. The predicted octanol–water partition coefficient (Wildman–Crippen LogP) is 4.46. The highest BCUT2D eigenvalue weighted by Crippen LogP contribution is 2.44. The number of nitrogens with one attached hydrogen (secondary N) is 8. The number of benzene rings is 4. The van der Waals surface area contributed by atoms with Crippen LogP contribution in [0.5, 0.6) is 11.5 Å². The van der Waals surface area contributed by atoms with Crippen LogP contribution in [-0.4, -0.2) is 187 Å². The number of aryl methyl sites for hydroxylation is 2. The fourth-order valence-electron chi connectivity index (χ4n) is 16.3. The van der Waals surface area contributed by atoms with Gasteiger partial charge in [0.2, 0.25) is 35.4 Å². The van der Waals surface area contributed by atoms with Gasteiger partial charge in [-0.15, -0.1) is 0 Å². The summed E-state index contributed by atoms with van der Waals surface area (Å²) >= 11 is 0. The molecule has 0 saturated carbocycles. The number of nitrogens with zero attached hydrogens (tertiary/aromatic N) is 6. The van der Waals surface area contributed by atoms with Crippen LogP contribution in [0.15, 0.2) is 107 Å². The minimum absolute atomic E-state index is 0.00151. The minimum atomic E-state index is -2.05. The number of aromatic nitrogens is 4. The number of rotatable bonds is 38. The highest BCUT2D eigenvalue weighted by Gasteiger charge is 2.48. The predicted molar refractivity (Wildman–Crippen MR) is 463 cm³/mol. The molecule has 5 aliphatic rings. The summed E-state index contributed by atoms with van der Waals surface area (Å²) in [5.41, 5.74) is 12.6. The number of aliphatic hydroxyl groups is 2. The molecule has 4 aromatic heterocycles. The van der Waals surface area contributed by atoms with Crippen molar-refractivity contribution in [1.82, 2.24) is 60.8 Å². The minimum Gasteiger partial charge on any atom is -0.470 e. The number of pyridine rings is 4. The largest absolute Gasteiger partial charge is 0.514 e. The summed E-state index contributed by atoms with van der Waals surface area (Å²) in [6, 6.07) is 15.5. The average Bonchev–Trinajstić information content (AvgIpc) is 1.57. The Morgan fingerprint density at radius 1 is 0.588 bits per heavy atom. The lowest BCUT2D eigenvalue weighted by molar-refractivity contribution is -0.172. The zero-order valence-corrected chi connectivity index (χ0v) is 72.4. The van der Waals surface area contributed by atoms with E-state index in [-0.39, 0.29) is 148 Å². The number of ether oxygens (including phenoxy) is 6. The Morgan fingerprint density at radius 3 is 1.60 bits per heavy atom. The fraction of sp³-hybridized carbons (Fsp3) is 0.389. The van der Waals surface area contributed by atoms with E-state index < -0.39 is 168 Å². The van der Waals surface area contributed by atoms with Gasteiger partial charge in [-0.3, -0.25) is 63.1 Å². The molecule has 690 valence electrons. The SMILES string of the molecule is CCc1c2c(nc3cc(F)c(OCNC(=O)OCc4ccc(NC(=O)[C@H](CCCNC(N)=O)NC(=O)[C@@H](NC(=O)CN(CCN5C(=O)C=CC5=O)CC(=O)NCC(=O)N[C@@H](CCCCN)C(=O)Nc5ccc(COC(=O)Oc6cc7c(CC)c8c(nc7cc6F)-c6cc7c(c(=O)n6C8)COC(=O)[C@]7(O)CC)cc5)C(C)C)cc4)cc13)-c1cc3c(c(=O)n1C2)COC(=O)[C@]3(O)CC. The summed E-state index contributed by atoms with van der Waals surface area (Å²) in [4.78, 5) is 211. The van der Waals surface area contributed by atoms with Crippen molar-refractivity contribution in [3.05, 3.63) is 185 Å². The molecule has 8 aromatic rings. The first-order chi connectivity index (χ1) is 62.6. The van der Waals surface area contributed by atoms with Crippen molar-refractivity contribution >= 4 is 111 Å². The number of urea groups is 1. The molecule has 39 nitrogen and oxygen atoms in total. The maximum atomic E-state index is 15.8. The third-order valence-corrected chi connectivity index (χ3v) is 23.4. The van der Waals surface area contributed by atoms with Crippen LogP contribution in [0.25, 0.3) is 44.6 Å². The molecule has 0 saturated heterocycles. The monoisotopic (exact) mass is 1810 g/mol. The molecule has 11 amide bonds. The molecule has 13 rings (SSSR count). The topological polar surface area (TPSA) is 542 Å². The smallest absolute Gasteiger partial charge is 0.470 e. The van der Waals surface area contributed by atoms with Crippen molar-refractivity contribution in [2.24, 2.45) is 17.4 Å². The molecular weight excluding hydrogens is 1710 g/mol. The lowest BCUT2D eigenvalue weighted by Crippen LogP contribution is -2.56. The molecule has 0 bridgehead atoms. The Kier molecular flexibility index (Phi) is 29.1. The van der Waals surface area contributed by atoms with Gasteiger partial charge in [0.1, 0.15) is 44.6 Å². The maximum absolute atomic E-state index is 15.8. The highest BCUT2D eigenvalue weighted by molar-refractivity contribution is 6.13. The number of amides is 11. The van der Waals surface area contributed by atoms with Gasteiger partial charge >= 0.3 is 30.2 Å². The van der Waals surface area contributed by atoms with E-state index in [0.717, 1.165) is 34.7 Å². The number of alkyl carbamates (subject to hydrolysis) is 1. The number of carbonyl (C=O) groups excluding carboxylic acids is 13. The highest BCUT2D eigenvalue weighted by atomic mass is 19.1. The lowest BCUT2D eigenvalue weighted by atomic mass is 9.86. The number of imide groups is 1. The first-order valence-electron chi connectivity index (χ1n) is 42.6. The number of anilines is 2. The molecule has 0 unspecified atom stereocenters. The zero-order chi connectivity index (χ0) is 94.0. The van der Waals surface area contributed by atoms with Gasteiger partial charge in [0.05, 0.1) is 77.7 Å². The third kappa shape index (κ3) is 20.7. The maximum Gasteiger partial charge on any atom is 0.514 e. The molecule has 5 aliphatic heterocycles. The second kappa shape index (κ2) is 40.5. The summed E-state index contributed by atoms with van der Waals surface area (Å²) in [7, 11) is 0. The normalized spacial score (nSPS) is 16.2. The van der Waals surface area contributed by atoms with Gasteiger partial charge in [-0.25, -0.2) is 42.7 Å². The van der Waals surface area contributed by atoms with Gasteiger partial charge < -0.3 is 96.5 Å². The molecule has 14 N–H and O–H groups in total. The van der Waals surface area contributed by atoms with Crippen molar-refractivity contribution in [2.75, 3.05) is 63.2 Å². The van der Waals surface area contributed by atoms with Crippen LogP contribution in [-0.2, 0) is 130 Å². The van der Waals surface area contributed by atoms with Crippen LogP contribution in [0.1, 0.15) is 142 Å². The van der Waals surface area contributed by atoms with Gasteiger partial charge in [0.15, 0.2) is 41.1 Å². The van der Waals surface area contributed by atoms with Crippen LogP contribution in [0.4, 0.5) is 34.5 Å². The number of unbranched alkanes of at least 4 members (excludes halogenated alkanes) is 1. The second-order valence-corrected chi connectivity index (χ2v) is 32.2. The molecule has 41 heteroatoms. The molecular formula is C90H98F2N16O23. The first kappa shape index (κ1) is 94.2. The fourth-order valence-corrected chi connectivity index (χ4v) is 16.3. The Bertz CT molecular complexity index is 6090. The van der Waals surface area contributed by atoms with E-state index in [1.165, 1.54) is 74.7 Å².